The number of anilines is 3. The summed E-state index contributed by atoms with van der Waals surface area (Å²) >= 11 is 5.83. The van der Waals surface area contributed by atoms with Gasteiger partial charge in [0, 0.05) is 22.7 Å². The molecule has 1 heterocycles. The number of benzene rings is 1. The molecular formula is C13H15ClN4. The molecular weight excluding hydrogens is 248 g/mol. The first-order valence-corrected chi connectivity index (χ1v) is 6.09. The minimum Gasteiger partial charge on any atom is -0.384 e. The van der Waals surface area contributed by atoms with Gasteiger partial charge in [0.15, 0.2) is 0 Å². The second-order valence-corrected chi connectivity index (χ2v) is 4.76. The van der Waals surface area contributed by atoms with Crippen molar-refractivity contribution in [3.8, 4) is 0 Å². The van der Waals surface area contributed by atoms with Gasteiger partial charge in [-0.25, -0.2) is 9.97 Å². The fourth-order valence-corrected chi connectivity index (χ4v) is 1.61. The Labute approximate surface area is 111 Å². The Morgan fingerprint density at radius 1 is 1.17 bits per heavy atom. The lowest BCUT2D eigenvalue weighted by atomic mass is 10.2. The molecule has 1 aromatic carbocycles. The minimum atomic E-state index is 0.235. The monoisotopic (exact) mass is 262 g/mol. The normalized spacial score (nSPS) is 10.7. The van der Waals surface area contributed by atoms with Crippen molar-refractivity contribution in [2.45, 2.75) is 19.8 Å². The lowest BCUT2D eigenvalue weighted by Gasteiger charge is -2.10. The van der Waals surface area contributed by atoms with Gasteiger partial charge in [0.25, 0.3) is 0 Å². The highest BCUT2D eigenvalue weighted by atomic mass is 35.5. The molecule has 0 fully saturated rings. The Hall–Kier alpha value is -1.81. The summed E-state index contributed by atoms with van der Waals surface area (Å²) in [6.07, 6.45) is 0. The van der Waals surface area contributed by atoms with Gasteiger partial charge in [0.05, 0.1) is 0 Å². The van der Waals surface area contributed by atoms with E-state index in [4.69, 9.17) is 17.3 Å². The van der Waals surface area contributed by atoms with Crippen LogP contribution in [0.1, 0.15) is 25.6 Å². The Kier molecular flexibility index (Phi) is 3.67. The maximum Gasteiger partial charge on any atom is 0.136 e. The zero-order valence-electron chi connectivity index (χ0n) is 10.3. The predicted molar refractivity (Wildman–Crippen MR) is 75.3 cm³/mol. The molecule has 0 aliphatic rings. The molecule has 0 atom stereocenters. The second kappa shape index (κ2) is 5.23. The SMILES string of the molecule is CC(C)c1nc(N)cc(Nc2ccc(Cl)cc2)n1. The van der Waals surface area contributed by atoms with Crippen LogP contribution in [0.3, 0.4) is 0 Å². The molecule has 4 nitrogen and oxygen atoms in total. The molecule has 0 saturated carbocycles. The molecule has 0 aliphatic carbocycles. The summed E-state index contributed by atoms with van der Waals surface area (Å²) in [5.41, 5.74) is 6.67. The van der Waals surface area contributed by atoms with Gasteiger partial charge in [-0.3, -0.25) is 0 Å². The van der Waals surface area contributed by atoms with E-state index in [-0.39, 0.29) is 5.92 Å². The van der Waals surface area contributed by atoms with Crippen molar-refractivity contribution >= 4 is 28.9 Å². The molecule has 0 aliphatic heterocycles. The number of aromatic nitrogens is 2. The number of hydrogen-bond acceptors (Lipinski definition) is 4. The van der Waals surface area contributed by atoms with Crippen molar-refractivity contribution in [2.24, 2.45) is 0 Å². The Balaban J connectivity index is 2.26. The number of nitrogens with zero attached hydrogens (tertiary/aromatic N) is 2. The van der Waals surface area contributed by atoms with Crippen LogP contribution in [0.25, 0.3) is 0 Å². The van der Waals surface area contributed by atoms with Crippen LogP contribution in [-0.2, 0) is 0 Å². The van der Waals surface area contributed by atoms with Crippen molar-refractivity contribution < 1.29 is 0 Å². The number of hydrogen-bond donors (Lipinski definition) is 2. The molecule has 94 valence electrons. The summed E-state index contributed by atoms with van der Waals surface area (Å²) in [6, 6.07) is 9.11. The highest BCUT2D eigenvalue weighted by Crippen LogP contribution is 2.20. The van der Waals surface area contributed by atoms with Crippen LogP contribution in [0.5, 0.6) is 0 Å². The fourth-order valence-electron chi connectivity index (χ4n) is 1.49. The number of nitrogens with one attached hydrogen (secondary N) is 1. The molecule has 5 heteroatoms. The quantitative estimate of drug-likeness (QED) is 0.887. The summed E-state index contributed by atoms with van der Waals surface area (Å²) in [5.74, 6) is 2.12. The highest BCUT2D eigenvalue weighted by Gasteiger charge is 2.06. The molecule has 2 aromatic rings. The average molecular weight is 263 g/mol. The third-order valence-electron chi connectivity index (χ3n) is 2.40. The first-order valence-electron chi connectivity index (χ1n) is 5.71. The summed E-state index contributed by atoms with van der Waals surface area (Å²) in [4.78, 5) is 8.61. The topological polar surface area (TPSA) is 63.8 Å². The van der Waals surface area contributed by atoms with Crippen LogP contribution in [0.15, 0.2) is 30.3 Å². The first-order chi connectivity index (χ1) is 8.54. The Morgan fingerprint density at radius 3 is 2.44 bits per heavy atom. The summed E-state index contributed by atoms with van der Waals surface area (Å²) in [7, 11) is 0. The van der Waals surface area contributed by atoms with Gasteiger partial charge < -0.3 is 11.1 Å². The molecule has 0 radical (unpaired) electrons. The largest absolute Gasteiger partial charge is 0.384 e. The zero-order valence-corrected chi connectivity index (χ0v) is 11.1. The molecule has 1 aromatic heterocycles. The molecule has 0 bridgehead atoms. The molecule has 3 N–H and O–H groups in total. The Bertz CT molecular complexity index is 537. The van der Waals surface area contributed by atoms with Crippen molar-refractivity contribution in [1.82, 2.24) is 9.97 Å². The second-order valence-electron chi connectivity index (χ2n) is 4.32. The number of rotatable bonds is 3. The van der Waals surface area contributed by atoms with Crippen molar-refractivity contribution in [1.29, 1.82) is 0 Å². The third kappa shape index (κ3) is 3.11. The maximum atomic E-state index is 5.83. The average Bonchev–Trinajstić information content (AvgIpc) is 2.31. The maximum absolute atomic E-state index is 5.83. The summed E-state index contributed by atoms with van der Waals surface area (Å²) in [5, 5.41) is 3.88. The summed E-state index contributed by atoms with van der Waals surface area (Å²) in [6.45, 7) is 4.06. The van der Waals surface area contributed by atoms with Crippen LogP contribution >= 0.6 is 11.6 Å². The van der Waals surface area contributed by atoms with Crippen LogP contribution < -0.4 is 11.1 Å². The molecule has 0 unspecified atom stereocenters. The van der Waals surface area contributed by atoms with E-state index < -0.39 is 0 Å². The van der Waals surface area contributed by atoms with Crippen LogP contribution in [0, 0.1) is 0 Å². The lowest BCUT2D eigenvalue weighted by Crippen LogP contribution is -2.04. The van der Waals surface area contributed by atoms with E-state index in [1.807, 2.05) is 38.1 Å². The molecule has 0 spiro atoms. The lowest BCUT2D eigenvalue weighted by molar-refractivity contribution is 0.779. The highest BCUT2D eigenvalue weighted by molar-refractivity contribution is 6.30. The van der Waals surface area contributed by atoms with Crippen molar-refractivity contribution in [3.05, 3.63) is 41.2 Å². The third-order valence-corrected chi connectivity index (χ3v) is 2.65. The molecule has 0 amide bonds. The van der Waals surface area contributed by atoms with E-state index in [1.54, 1.807) is 6.07 Å². The zero-order chi connectivity index (χ0) is 13.1. The van der Waals surface area contributed by atoms with Gasteiger partial charge in [-0.2, -0.15) is 0 Å². The predicted octanol–water partition coefficient (Wildman–Crippen LogP) is 3.58. The summed E-state index contributed by atoms with van der Waals surface area (Å²) < 4.78 is 0. The van der Waals surface area contributed by atoms with E-state index in [0.717, 1.165) is 11.5 Å². The molecule has 2 rings (SSSR count). The first kappa shape index (κ1) is 12.6. The van der Waals surface area contributed by atoms with Crippen molar-refractivity contribution in [3.63, 3.8) is 0 Å². The number of halogens is 1. The van der Waals surface area contributed by atoms with Gasteiger partial charge in [-0.15, -0.1) is 0 Å². The molecule has 18 heavy (non-hydrogen) atoms. The van der Waals surface area contributed by atoms with Crippen LogP contribution in [0.2, 0.25) is 5.02 Å². The van der Waals surface area contributed by atoms with E-state index in [0.29, 0.717) is 16.7 Å². The standard InChI is InChI=1S/C13H15ClN4/c1-8(2)13-17-11(15)7-12(18-13)16-10-5-3-9(14)4-6-10/h3-8H,1-2H3,(H3,15,16,17,18). The van der Waals surface area contributed by atoms with Gasteiger partial charge in [-0.1, -0.05) is 25.4 Å². The van der Waals surface area contributed by atoms with Gasteiger partial charge in [-0.05, 0) is 24.3 Å². The van der Waals surface area contributed by atoms with Gasteiger partial charge >= 0.3 is 0 Å². The van der Waals surface area contributed by atoms with E-state index in [2.05, 4.69) is 15.3 Å². The molecule has 0 saturated heterocycles. The number of nitrogen functional groups attached to an aromatic ring is 1. The minimum absolute atomic E-state index is 0.235. The number of nitrogens with two attached hydrogens (primary N) is 1. The van der Waals surface area contributed by atoms with E-state index in [9.17, 15) is 0 Å². The van der Waals surface area contributed by atoms with Crippen LogP contribution in [-0.4, -0.2) is 9.97 Å². The van der Waals surface area contributed by atoms with E-state index >= 15 is 0 Å². The van der Waals surface area contributed by atoms with Crippen LogP contribution in [0.4, 0.5) is 17.3 Å². The van der Waals surface area contributed by atoms with Gasteiger partial charge in [0.2, 0.25) is 0 Å². The van der Waals surface area contributed by atoms with E-state index in [1.165, 1.54) is 0 Å². The van der Waals surface area contributed by atoms with Crippen molar-refractivity contribution in [2.75, 3.05) is 11.1 Å². The van der Waals surface area contributed by atoms with Gasteiger partial charge in [0.1, 0.15) is 17.5 Å². The smallest absolute Gasteiger partial charge is 0.136 e. The fraction of sp³-hybridized carbons (Fsp3) is 0.231. The Morgan fingerprint density at radius 2 is 1.83 bits per heavy atom.